The van der Waals surface area contributed by atoms with Crippen molar-refractivity contribution in [2.45, 2.75) is 11.5 Å². The molecule has 0 aliphatic carbocycles. The van der Waals surface area contributed by atoms with Crippen molar-refractivity contribution in [3.8, 4) is 0 Å². The largest absolute Gasteiger partial charge is 0.399 e. The van der Waals surface area contributed by atoms with Gasteiger partial charge in [0.1, 0.15) is 0 Å². The van der Waals surface area contributed by atoms with Crippen molar-refractivity contribution in [3.05, 3.63) is 63.6 Å². The first-order valence-electron chi connectivity index (χ1n) is 5.68. The molecule has 0 saturated heterocycles. The van der Waals surface area contributed by atoms with Gasteiger partial charge in [-0.1, -0.05) is 47.5 Å². The van der Waals surface area contributed by atoms with Gasteiger partial charge in [0.15, 0.2) is 0 Å². The molecule has 2 aromatic rings. The quantitative estimate of drug-likeness (QED) is 0.866. The topological polar surface area (TPSA) is 43.1 Å². The van der Waals surface area contributed by atoms with Crippen LogP contribution < -0.4 is 5.73 Å². The van der Waals surface area contributed by atoms with Gasteiger partial charge in [-0.3, -0.25) is 4.21 Å². The highest BCUT2D eigenvalue weighted by atomic mass is 35.5. The molecule has 0 aliphatic heterocycles. The Hall–Kier alpha value is -1.03. The van der Waals surface area contributed by atoms with E-state index in [4.69, 9.17) is 28.9 Å². The minimum Gasteiger partial charge on any atom is -0.399 e. The summed E-state index contributed by atoms with van der Waals surface area (Å²) >= 11 is 12.1. The minimum absolute atomic E-state index is 0.393. The number of hydrogen-bond acceptors (Lipinski definition) is 2. The molecular formula is C14H13Cl2NOS. The van der Waals surface area contributed by atoms with Gasteiger partial charge in [-0.2, -0.15) is 0 Å². The van der Waals surface area contributed by atoms with Crippen molar-refractivity contribution in [1.29, 1.82) is 0 Å². The maximum atomic E-state index is 12.1. The van der Waals surface area contributed by atoms with Gasteiger partial charge in [0.2, 0.25) is 0 Å². The second-order valence-corrected chi connectivity index (χ2v) is 6.44. The lowest BCUT2D eigenvalue weighted by atomic mass is 10.2. The highest BCUT2D eigenvalue weighted by molar-refractivity contribution is 7.83. The summed E-state index contributed by atoms with van der Waals surface area (Å²) in [7, 11) is -1.06. The maximum Gasteiger partial charge on any atom is 0.0503 e. The number of benzene rings is 2. The summed E-state index contributed by atoms with van der Waals surface area (Å²) in [6.07, 6.45) is 0. The Morgan fingerprint density at radius 2 is 1.58 bits per heavy atom. The molecule has 0 radical (unpaired) electrons. The summed E-state index contributed by atoms with van der Waals surface area (Å²) in [5, 5.41) is 1.19. The lowest BCUT2D eigenvalue weighted by Gasteiger charge is -2.07. The SMILES string of the molecule is Nc1ccc(CS(=O)Cc2ccccc2Cl)c(Cl)c1. The van der Waals surface area contributed by atoms with Crippen molar-refractivity contribution in [2.24, 2.45) is 0 Å². The van der Waals surface area contributed by atoms with Crippen molar-refractivity contribution >= 4 is 39.7 Å². The summed E-state index contributed by atoms with van der Waals surface area (Å²) in [4.78, 5) is 0. The first kappa shape index (κ1) is 14.4. The maximum absolute atomic E-state index is 12.1. The molecule has 1 unspecified atom stereocenters. The van der Waals surface area contributed by atoms with Crippen LogP contribution in [0.3, 0.4) is 0 Å². The van der Waals surface area contributed by atoms with Crippen LogP contribution in [-0.4, -0.2) is 4.21 Å². The Balaban J connectivity index is 2.08. The van der Waals surface area contributed by atoms with Crippen LogP contribution in [0.25, 0.3) is 0 Å². The van der Waals surface area contributed by atoms with E-state index in [-0.39, 0.29) is 0 Å². The van der Waals surface area contributed by atoms with Crippen molar-refractivity contribution < 1.29 is 4.21 Å². The molecule has 2 rings (SSSR count). The molecule has 2 aromatic carbocycles. The van der Waals surface area contributed by atoms with Gasteiger partial charge in [-0.05, 0) is 29.3 Å². The second kappa shape index (κ2) is 6.42. The summed E-state index contributed by atoms with van der Waals surface area (Å²) in [5.41, 5.74) is 7.94. The van der Waals surface area contributed by atoms with Crippen LogP contribution in [-0.2, 0) is 22.3 Å². The normalized spacial score (nSPS) is 12.3. The first-order valence-corrected chi connectivity index (χ1v) is 7.93. The first-order chi connectivity index (χ1) is 9.06. The molecule has 2 nitrogen and oxygen atoms in total. The zero-order valence-electron chi connectivity index (χ0n) is 10.1. The van der Waals surface area contributed by atoms with Gasteiger partial charge in [0.25, 0.3) is 0 Å². The predicted octanol–water partition coefficient (Wildman–Crippen LogP) is 4.02. The lowest BCUT2D eigenvalue weighted by molar-refractivity contribution is 0.682. The van der Waals surface area contributed by atoms with Gasteiger partial charge in [-0.15, -0.1) is 0 Å². The average Bonchev–Trinajstić information content (AvgIpc) is 2.36. The molecule has 0 heterocycles. The Labute approximate surface area is 125 Å². The third-order valence-electron chi connectivity index (χ3n) is 2.67. The van der Waals surface area contributed by atoms with Crippen LogP contribution in [0.4, 0.5) is 5.69 Å². The number of rotatable bonds is 4. The van der Waals surface area contributed by atoms with Crippen molar-refractivity contribution in [1.82, 2.24) is 0 Å². The minimum atomic E-state index is -1.06. The van der Waals surface area contributed by atoms with Crippen molar-refractivity contribution in [2.75, 3.05) is 5.73 Å². The number of halogens is 2. The van der Waals surface area contributed by atoms with Crippen molar-refractivity contribution in [3.63, 3.8) is 0 Å². The number of nitrogens with two attached hydrogens (primary N) is 1. The van der Waals surface area contributed by atoms with Crippen LogP contribution in [0.2, 0.25) is 10.0 Å². The zero-order chi connectivity index (χ0) is 13.8. The smallest absolute Gasteiger partial charge is 0.0503 e. The Bertz CT molecular complexity index is 616. The van der Waals surface area contributed by atoms with Crippen LogP contribution in [0.15, 0.2) is 42.5 Å². The fourth-order valence-corrected chi connectivity index (χ4v) is 3.61. The van der Waals surface area contributed by atoms with Gasteiger partial charge in [-0.25, -0.2) is 0 Å². The molecule has 0 fully saturated rings. The molecular weight excluding hydrogens is 301 g/mol. The van der Waals surface area contributed by atoms with E-state index in [2.05, 4.69) is 0 Å². The second-order valence-electron chi connectivity index (χ2n) is 4.17. The van der Waals surface area contributed by atoms with E-state index in [1.807, 2.05) is 24.3 Å². The summed E-state index contributed by atoms with van der Waals surface area (Å²) < 4.78 is 12.1. The van der Waals surface area contributed by atoms with Gasteiger partial charge in [0, 0.05) is 26.5 Å². The number of nitrogen functional groups attached to an aromatic ring is 1. The third kappa shape index (κ3) is 3.96. The highest BCUT2D eigenvalue weighted by Gasteiger charge is 2.09. The van der Waals surface area contributed by atoms with Crippen LogP contribution >= 0.6 is 23.2 Å². The molecule has 0 aliphatic rings. The van der Waals surface area contributed by atoms with Crippen LogP contribution in [0, 0.1) is 0 Å². The Kier molecular flexibility index (Phi) is 4.86. The fraction of sp³-hybridized carbons (Fsp3) is 0.143. The van der Waals surface area contributed by atoms with E-state index in [0.717, 1.165) is 11.1 Å². The molecule has 5 heteroatoms. The summed E-state index contributed by atoms with van der Waals surface area (Å²) in [6, 6.07) is 12.6. The molecule has 0 spiro atoms. The molecule has 0 saturated carbocycles. The Morgan fingerprint density at radius 1 is 0.947 bits per heavy atom. The van der Waals surface area contributed by atoms with E-state index in [9.17, 15) is 4.21 Å². The molecule has 100 valence electrons. The molecule has 2 N–H and O–H groups in total. The van der Waals surface area contributed by atoms with Gasteiger partial charge in [0.05, 0.1) is 11.5 Å². The van der Waals surface area contributed by atoms with E-state index in [0.29, 0.717) is 27.2 Å². The number of anilines is 1. The van der Waals surface area contributed by atoms with E-state index in [1.54, 1.807) is 18.2 Å². The molecule has 0 amide bonds. The molecule has 19 heavy (non-hydrogen) atoms. The Morgan fingerprint density at radius 3 is 2.21 bits per heavy atom. The molecule has 1 atom stereocenters. The van der Waals surface area contributed by atoms with Gasteiger partial charge < -0.3 is 5.73 Å². The summed E-state index contributed by atoms with van der Waals surface area (Å²) in [6.45, 7) is 0. The average molecular weight is 314 g/mol. The summed E-state index contributed by atoms with van der Waals surface area (Å²) in [5.74, 6) is 0.810. The number of hydrogen-bond donors (Lipinski definition) is 1. The molecule has 0 bridgehead atoms. The zero-order valence-corrected chi connectivity index (χ0v) is 12.4. The van der Waals surface area contributed by atoms with Crippen LogP contribution in [0.1, 0.15) is 11.1 Å². The highest BCUT2D eigenvalue weighted by Crippen LogP contribution is 2.22. The predicted molar refractivity (Wildman–Crippen MR) is 82.9 cm³/mol. The van der Waals surface area contributed by atoms with E-state index in [1.165, 1.54) is 0 Å². The van der Waals surface area contributed by atoms with Gasteiger partial charge >= 0.3 is 0 Å². The van der Waals surface area contributed by atoms with E-state index < -0.39 is 10.8 Å². The monoisotopic (exact) mass is 313 g/mol. The molecule has 0 aromatic heterocycles. The standard InChI is InChI=1S/C14H13Cl2NOS/c15-13-4-2-1-3-10(13)8-19(18)9-11-5-6-12(17)7-14(11)16/h1-7H,8-9,17H2. The van der Waals surface area contributed by atoms with E-state index >= 15 is 0 Å². The lowest BCUT2D eigenvalue weighted by Crippen LogP contribution is -2.01. The van der Waals surface area contributed by atoms with Crippen LogP contribution in [0.5, 0.6) is 0 Å². The fourth-order valence-electron chi connectivity index (χ4n) is 1.69. The third-order valence-corrected chi connectivity index (χ3v) is 4.65.